The first-order valence-corrected chi connectivity index (χ1v) is 28.2. The van der Waals surface area contributed by atoms with Gasteiger partial charge in [-0.05, 0) is 80.9 Å². The van der Waals surface area contributed by atoms with Crippen molar-refractivity contribution in [2.24, 2.45) is 0 Å². The van der Waals surface area contributed by atoms with E-state index in [1.807, 2.05) is 243 Å². The Morgan fingerprint density at radius 2 is 0.424 bits per heavy atom. The quantitative estimate of drug-likeness (QED) is 0.0658. The van der Waals surface area contributed by atoms with Crippen LogP contribution < -0.4 is 18.9 Å². The van der Waals surface area contributed by atoms with Crippen LogP contribution in [0.2, 0.25) is 0 Å². The molecule has 0 fully saturated rings. The van der Waals surface area contributed by atoms with Gasteiger partial charge in [0.05, 0.1) is 0 Å². The second-order valence-electron chi connectivity index (χ2n) is 20.5. The third-order valence-corrected chi connectivity index (χ3v) is 14.0. The molecule has 12 nitrogen and oxygen atoms in total. The molecule has 0 bridgehead atoms. The Balaban J connectivity index is 1.03. The first-order valence-electron chi connectivity index (χ1n) is 28.2. The van der Waals surface area contributed by atoms with Gasteiger partial charge in [0.25, 0.3) is 0 Å². The van der Waals surface area contributed by atoms with Gasteiger partial charge in [-0.15, -0.1) is 0 Å². The lowest BCUT2D eigenvalue weighted by Gasteiger charge is -2.25. The van der Waals surface area contributed by atoms with Gasteiger partial charge in [0, 0.05) is 69.9 Å². The van der Waals surface area contributed by atoms with Crippen LogP contribution in [0.5, 0.6) is 23.0 Å². The lowest BCUT2D eigenvalue weighted by molar-refractivity contribution is 0.143. The number of hydrogen-bond donors (Lipinski definition) is 0. The Morgan fingerprint density at radius 3 is 0.624 bits per heavy atom. The van der Waals surface area contributed by atoms with Crippen LogP contribution in [0.3, 0.4) is 0 Å². The largest absolute Gasteiger partial charge is 0.415 e. The number of nitrogens with zero attached hydrogens (tertiary/aromatic N) is 4. The zero-order chi connectivity index (χ0) is 58.4. The molecule has 0 aromatic heterocycles. The fourth-order valence-electron chi connectivity index (χ4n) is 9.74. The molecule has 0 aliphatic rings. The highest BCUT2D eigenvalue weighted by atomic mass is 16.6. The molecule has 0 saturated heterocycles. The number of carbonyl (C=O) groups excluding carboxylic acids is 4. The first kappa shape index (κ1) is 57.5. The van der Waals surface area contributed by atoms with E-state index in [-0.39, 0.29) is 81.8 Å². The van der Waals surface area contributed by atoms with Crippen molar-refractivity contribution in [3.05, 3.63) is 335 Å². The summed E-state index contributed by atoms with van der Waals surface area (Å²) >= 11 is 0. The Morgan fingerprint density at radius 1 is 0.235 bits per heavy atom. The second-order valence-corrected chi connectivity index (χ2v) is 20.5. The van der Waals surface area contributed by atoms with Crippen molar-refractivity contribution >= 4 is 24.4 Å². The van der Waals surface area contributed by atoms with Crippen molar-refractivity contribution in [2.45, 2.75) is 58.8 Å². The van der Waals surface area contributed by atoms with E-state index in [4.69, 9.17) is 18.9 Å². The topological polar surface area (TPSA) is 118 Å². The SMILES string of the molecule is O=C(Oc1ccc(OC(=O)N(Cc2ccccc2)Cc2ccccc2)c(Cc2cc(OC(=O)N(Cc3ccccc3)Cc3ccccc3)ccc2OC(=O)N(Cc2ccccc2)Cc2ccccc2)c1)N(Cc1ccccc1)Cc1ccccc1. The van der Waals surface area contributed by atoms with Crippen LogP contribution in [-0.2, 0) is 58.8 Å². The van der Waals surface area contributed by atoms with Gasteiger partial charge >= 0.3 is 24.4 Å². The summed E-state index contributed by atoms with van der Waals surface area (Å²) in [5, 5.41) is 0. The van der Waals surface area contributed by atoms with E-state index in [0.29, 0.717) is 11.1 Å². The Hall–Kier alpha value is -10.7. The molecule has 0 aliphatic carbocycles. The molecule has 0 N–H and O–H groups in total. The van der Waals surface area contributed by atoms with Crippen molar-refractivity contribution < 1.29 is 38.1 Å². The molecular formula is C73H64N4O8. The lowest BCUT2D eigenvalue weighted by Crippen LogP contribution is -2.33. The maximum absolute atomic E-state index is 14.8. The predicted molar refractivity (Wildman–Crippen MR) is 328 cm³/mol. The summed E-state index contributed by atoms with van der Waals surface area (Å²) in [6.45, 7) is 1.98. The van der Waals surface area contributed by atoms with Crippen molar-refractivity contribution in [3.8, 4) is 23.0 Å². The van der Waals surface area contributed by atoms with E-state index in [9.17, 15) is 19.2 Å². The Labute approximate surface area is 496 Å². The standard InChI is InChI=1S/C73H64N4O8/c78-70(74(48-56-25-9-1-10-26-56)49-57-27-11-2-12-28-57)82-66-41-43-68(84-72(80)76(52-60-33-17-5-18-34-60)53-61-35-19-6-20-36-61)64(46-66)45-65-47-67(83-71(79)75(50-58-29-13-3-14-30-58)51-59-31-15-4-16-32-59)42-44-69(65)85-73(81)77(54-62-37-21-7-22-38-62)55-63-39-23-8-24-40-63/h1-44,46-47H,45,48-55H2. The van der Waals surface area contributed by atoms with Gasteiger partial charge < -0.3 is 18.9 Å². The lowest BCUT2D eigenvalue weighted by atomic mass is 10.0. The van der Waals surface area contributed by atoms with E-state index in [2.05, 4.69) is 0 Å². The highest BCUT2D eigenvalue weighted by Gasteiger charge is 2.26. The molecule has 85 heavy (non-hydrogen) atoms. The van der Waals surface area contributed by atoms with Gasteiger partial charge in [-0.25, -0.2) is 19.2 Å². The minimum atomic E-state index is -0.640. The van der Waals surface area contributed by atoms with E-state index in [1.54, 1.807) is 56.0 Å². The third-order valence-electron chi connectivity index (χ3n) is 14.0. The zero-order valence-corrected chi connectivity index (χ0v) is 47.0. The normalized spacial score (nSPS) is 10.7. The van der Waals surface area contributed by atoms with Gasteiger partial charge in [-0.2, -0.15) is 0 Å². The van der Waals surface area contributed by atoms with Crippen LogP contribution in [0.15, 0.2) is 279 Å². The summed E-state index contributed by atoms with van der Waals surface area (Å²) in [7, 11) is 0. The molecule has 10 aromatic rings. The summed E-state index contributed by atoms with van der Waals surface area (Å²) < 4.78 is 25.4. The summed E-state index contributed by atoms with van der Waals surface area (Å²) in [5.74, 6) is 0.610. The Kier molecular flexibility index (Phi) is 19.8. The van der Waals surface area contributed by atoms with Crippen LogP contribution >= 0.6 is 0 Å². The molecule has 0 spiro atoms. The molecule has 10 aromatic carbocycles. The molecule has 0 saturated carbocycles. The number of ether oxygens (including phenoxy) is 4. The fraction of sp³-hybridized carbons (Fsp3) is 0.123. The fourth-order valence-corrected chi connectivity index (χ4v) is 9.74. The third kappa shape index (κ3) is 17.2. The highest BCUT2D eigenvalue weighted by Crippen LogP contribution is 2.34. The van der Waals surface area contributed by atoms with Crippen molar-refractivity contribution in [1.29, 1.82) is 0 Å². The second kappa shape index (κ2) is 29.3. The van der Waals surface area contributed by atoms with E-state index in [0.717, 1.165) is 44.5 Å². The summed E-state index contributed by atoms with van der Waals surface area (Å²) in [4.78, 5) is 65.1. The summed E-state index contributed by atoms with van der Waals surface area (Å²) in [5.41, 5.74) is 7.98. The first-order chi connectivity index (χ1) is 41.7. The smallest absolute Gasteiger partial charge is 0.410 e. The van der Waals surface area contributed by atoms with Crippen LogP contribution in [0, 0.1) is 0 Å². The van der Waals surface area contributed by atoms with Gasteiger partial charge in [-0.1, -0.05) is 243 Å². The number of benzene rings is 10. The maximum Gasteiger partial charge on any atom is 0.415 e. The van der Waals surface area contributed by atoms with Crippen LogP contribution in [-0.4, -0.2) is 44.0 Å². The van der Waals surface area contributed by atoms with Crippen LogP contribution in [0.25, 0.3) is 0 Å². The van der Waals surface area contributed by atoms with E-state index < -0.39 is 24.4 Å². The molecule has 0 unspecified atom stereocenters. The van der Waals surface area contributed by atoms with Gasteiger partial charge in [0.15, 0.2) is 0 Å². The number of amides is 4. The van der Waals surface area contributed by atoms with Crippen molar-refractivity contribution in [1.82, 2.24) is 19.6 Å². The molecular weight excluding hydrogens is 1060 g/mol. The van der Waals surface area contributed by atoms with Crippen molar-refractivity contribution in [2.75, 3.05) is 0 Å². The average molecular weight is 1130 g/mol. The van der Waals surface area contributed by atoms with Crippen molar-refractivity contribution in [3.63, 3.8) is 0 Å². The minimum absolute atomic E-state index is 0.0771. The molecule has 10 rings (SSSR count). The maximum atomic E-state index is 14.8. The monoisotopic (exact) mass is 1120 g/mol. The van der Waals surface area contributed by atoms with Gasteiger partial charge in [-0.3, -0.25) is 19.6 Å². The molecule has 12 heteroatoms. The predicted octanol–water partition coefficient (Wildman–Crippen LogP) is 16.1. The summed E-state index contributed by atoms with van der Waals surface area (Å²) in [6.07, 6.45) is -2.59. The minimum Gasteiger partial charge on any atom is -0.410 e. The molecule has 4 amide bonds. The number of carbonyl (C=O) groups is 4. The highest BCUT2D eigenvalue weighted by molar-refractivity contribution is 5.75. The van der Waals surface area contributed by atoms with Crippen LogP contribution in [0.1, 0.15) is 55.6 Å². The number of hydrogen-bond acceptors (Lipinski definition) is 8. The molecule has 0 radical (unpaired) electrons. The van der Waals surface area contributed by atoms with Gasteiger partial charge in [0.2, 0.25) is 0 Å². The molecule has 424 valence electrons. The molecule has 0 aliphatic heterocycles. The van der Waals surface area contributed by atoms with E-state index >= 15 is 0 Å². The summed E-state index contributed by atoms with van der Waals surface area (Å²) in [6, 6.07) is 87.0. The van der Waals surface area contributed by atoms with Gasteiger partial charge in [0.1, 0.15) is 23.0 Å². The Bertz CT molecular complexity index is 3320. The van der Waals surface area contributed by atoms with E-state index in [1.165, 1.54) is 0 Å². The average Bonchev–Trinajstić information content (AvgIpc) is 3.70. The number of rotatable bonds is 22. The molecule has 0 atom stereocenters. The zero-order valence-electron chi connectivity index (χ0n) is 47.0. The molecule has 0 heterocycles. The van der Waals surface area contributed by atoms with Crippen LogP contribution in [0.4, 0.5) is 19.2 Å².